The summed E-state index contributed by atoms with van der Waals surface area (Å²) in [6.45, 7) is 6.03. The smallest absolute Gasteiger partial charge is 0.194 e. The van der Waals surface area contributed by atoms with Crippen molar-refractivity contribution in [2.75, 3.05) is 6.54 Å². The van der Waals surface area contributed by atoms with Crippen molar-refractivity contribution < 1.29 is 0 Å². The van der Waals surface area contributed by atoms with Crippen molar-refractivity contribution in [1.29, 1.82) is 0 Å². The molecule has 0 fully saturated rings. The van der Waals surface area contributed by atoms with Crippen LogP contribution in [0.4, 0.5) is 0 Å². The number of rotatable bonds is 7. The molecule has 102 valence electrons. The first-order valence-corrected chi connectivity index (χ1v) is 7.93. The first kappa shape index (κ1) is 14.4. The molecule has 0 amide bonds. The minimum Gasteiger partial charge on any atom is -0.313 e. The summed E-state index contributed by atoms with van der Waals surface area (Å²) < 4.78 is 5.14. The molecule has 0 spiro atoms. The molecule has 0 radical (unpaired) electrons. The van der Waals surface area contributed by atoms with Crippen molar-refractivity contribution in [2.45, 2.75) is 42.7 Å². The predicted molar refractivity (Wildman–Crippen MR) is 77.4 cm³/mol. The van der Waals surface area contributed by atoms with E-state index in [4.69, 9.17) is 0 Å². The fourth-order valence-electron chi connectivity index (χ4n) is 1.40. The van der Waals surface area contributed by atoms with E-state index in [1.54, 1.807) is 0 Å². The highest BCUT2D eigenvalue weighted by atomic mass is 32.2. The molecule has 2 heterocycles. The van der Waals surface area contributed by atoms with Crippen LogP contribution < -0.4 is 5.32 Å². The third-order valence-electron chi connectivity index (χ3n) is 2.38. The zero-order valence-corrected chi connectivity index (χ0v) is 12.7. The van der Waals surface area contributed by atoms with Gasteiger partial charge >= 0.3 is 0 Å². The van der Waals surface area contributed by atoms with Gasteiger partial charge in [0.2, 0.25) is 0 Å². The van der Waals surface area contributed by atoms with Crippen LogP contribution in [-0.4, -0.2) is 25.9 Å². The molecule has 7 heteroatoms. The summed E-state index contributed by atoms with van der Waals surface area (Å²) in [5.41, 5.74) is 1.10. The maximum Gasteiger partial charge on any atom is 0.194 e. The molecule has 0 aromatic carbocycles. The van der Waals surface area contributed by atoms with Gasteiger partial charge in [-0.15, -0.1) is 0 Å². The molecule has 0 saturated carbocycles. The van der Waals surface area contributed by atoms with Gasteiger partial charge in [-0.3, -0.25) is 0 Å². The van der Waals surface area contributed by atoms with Gasteiger partial charge in [0.1, 0.15) is 5.82 Å². The van der Waals surface area contributed by atoms with E-state index in [9.17, 15) is 0 Å². The lowest BCUT2D eigenvalue weighted by Crippen LogP contribution is -2.14. The summed E-state index contributed by atoms with van der Waals surface area (Å²) in [4.78, 5) is 13.1. The van der Waals surface area contributed by atoms with Crippen LogP contribution in [-0.2, 0) is 13.0 Å². The molecule has 0 bridgehead atoms. The lowest BCUT2D eigenvalue weighted by atomic mass is 10.3. The van der Waals surface area contributed by atoms with Crippen LogP contribution >= 0.6 is 23.3 Å². The van der Waals surface area contributed by atoms with Crippen molar-refractivity contribution in [1.82, 2.24) is 24.6 Å². The SMILES string of the molecule is CCCNCc1cnc(Sc2nc(CC)ns2)nc1. The van der Waals surface area contributed by atoms with E-state index >= 15 is 0 Å². The van der Waals surface area contributed by atoms with Crippen LogP contribution in [0.15, 0.2) is 21.9 Å². The highest BCUT2D eigenvalue weighted by Crippen LogP contribution is 2.25. The molecule has 2 aromatic rings. The molecule has 0 unspecified atom stereocenters. The summed E-state index contributed by atoms with van der Waals surface area (Å²) in [7, 11) is 0. The molecule has 0 saturated heterocycles. The van der Waals surface area contributed by atoms with Crippen LogP contribution in [0.2, 0.25) is 0 Å². The largest absolute Gasteiger partial charge is 0.313 e. The Bertz CT molecular complexity index is 497. The fourth-order valence-corrected chi connectivity index (χ4v) is 2.90. The van der Waals surface area contributed by atoms with Gasteiger partial charge < -0.3 is 5.32 Å². The Morgan fingerprint density at radius 3 is 2.68 bits per heavy atom. The van der Waals surface area contributed by atoms with E-state index in [-0.39, 0.29) is 0 Å². The van der Waals surface area contributed by atoms with Gasteiger partial charge in [0.05, 0.1) is 0 Å². The number of hydrogen-bond donors (Lipinski definition) is 1. The molecule has 0 atom stereocenters. The van der Waals surface area contributed by atoms with Crippen LogP contribution in [0.3, 0.4) is 0 Å². The lowest BCUT2D eigenvalue weighted by Gasteiger charge is -2.02. The van der Waals surface area contributed by atoms with Gasteiger partial charge in [0.25, 0.3) is 0 Å². The summed E-state index contributed by atoms with van der Waals surface area (Å²) in [6, 6.07) is 0. The quantitative estimate of drug-likeness (QED) is 0.625. The molecule has 5 nitrogen and oxygen atoms in total. The van der Waals surface area contributed by atoms with Gasteiger partial charge in [-0.1, -0.05) is 13.8 Å². The molecule has 0 aliphatic heterocycles. The minimum absolute atomic E-state index is 0.720. The van der Waals surface area contributed by atoms with Crippen LogP contribution in [0.5, 0.6) is 0 Å². The fraction of sp³-hybridized carbons (Fsp3) is 0.500. The Morgan fingerprint density at radius 2 is 2.05 bits per heavy atom. The Labute approximate surface area is 121 Å². The van der Waals surface area contributed by atoms with Crippen molar-refractivity contribution in [3.05, 3.63) is 23.8 Å². The Balaban J connectivity index is 1.90. The Morgan fingerprint density at radius 1 is 1.26 bits per heavy atom. The van der Waals surface area contributed by atoms with E-state index in [0.29, 0.717) is 0 Å². The normalized spacial score (nSPS) is 10.8. The Kier molecular flexibility index (Phi) is 5.68. The maximum absolute atomic E-state index is 4.39. The van der Waals surface area contributed by atoms with Crippen molar-refractivity contribution >= 4 is 23.3 Å². The lowest BCUT2D eigenvalue weighted by molar-refractivity contribution is 0.669. The monoisotopic (exact) mass is 295 g/mol. The number of aromatic nitrogens is 4. The van der Waals surface area contributed by atoms with Crippen molar-refractivity contribution in [3.63, 3.8) is 0 Å². The molecular formula is C12H17N5S2. The molecular weight excluding hydrogens is 278 g/mol. The first-order valence-electron chi connectivity index (χ1n) is 6.34. The highest BCUT2D eigenvalue weighted by Gasteiger charge is 2.06. The standard InChI is InChI=1S/C12H17N5S2/c1-3-5-13-6-9-7-14-11(15-8-9)18-12-16-10(4-2)17-19-12/h7-8,13H,3-6H2,1-2H3. The molecule has 0 aliphatic carbocycles. The van der Waals surface area contributed by atoms with Crippen molar-refractivity contribution in [2.24, 2.45) is 0 Å². The van der Waals surface area contributed by atoms with Crippen molar-refractivity contribution in [3.8, 4) is 0 Å². The Hall–Kier alpha value is -1.05. The maximum atomic E-state index is 4.39. The van der Waals surface area contributed by atoms with E-state index < -0.39 is 0 Å². The average Bonchev–Trinajstić information content (AvgIpc) is 2.89. The second-order valence-electron chi connectivity index (χ2n) is 3.98. The van der Waals surface area contributed by atoms with Gasteiger partial charge in [-0.05, 0) is 36.3 Å². The van der Waals surface area contributed by atoms with E-state index in [0.717, 1.165) is 46.8 Å². The zero-order chi connectivity index (χ0) is 13.5. The first-order chi connectivity index (χ1) is 9.31. The topological polar surface area (TPSA) is 63.6 Å². The highest BCUT2D eigenvalue weighted by molar-refractivity contribution is 8.00. The van der Waals surface area contributed by atoms with Gasteiger partial charge in [0.15, 0.2) is 9.50 Å². The van der Waals surface area contributed by atoms with Crippen LogP contribution in [0.1, 0.15) is 31.7 Å². The number of nitrogens with one attached hydrogen (secondary N) is 1. The summed E-state index contributed by atoms with van der Waals surface area (Å²) >= 11 is 2.86. The zero-order valence-electron chi connectivity index (χ0n) is 11.1. The number of nitrogens with zero attached hydrogens (tertiary/aromatic N) is 4. The summed E-state index contributed by atoms with van der Waals surface area (Å²) in [6.07, 6.45) is 5.71. The second kappa shape index (κ2) is 7.52. The van der Waals surface area contributed by atoms with Gasteiger partial charge in [-0.2, -0.15) is 4.37 Å². The van der Waals surface area contributed by atoms with Crippen LogP contribution in [0.25, 0.3) is 0 Å². The number of hydrogen-bond acceptors (Lipinski definition) is 7. The molecule has 0 aliphatic rings. The van der Waals surface area contributed by atoms with E-state index in [2.05, 4.69) is 31.6 Å². The molecule has 2 aromatic heterocycles. The molecule has 1 N–H and O–H groups in total. The minimum atomic E-state index is 0.720. The summed E-state index contributed by atoms with van der Waals surface area (Å²) in [5, 5.41) is 4.04. The molecule has 2 rings (SSSR count). The average molecular weight is 295 g/mol. The van der Waals surface area contributed by atoms with E-state index in [1.165, 1.54) is 23.3 Å². The second-order valence-corrected chi connectivity index (χ2v) is 5.95. The third-order valence-corrected chi connectivity index (χ3v) is 4.06. The van der Waals surface area contributed by atoms with Gasteiger partial charge in [0, 0.05) is 30.9 Å². The predicted octanol–water partition coefficient (Wildman–Crippen LogP) is 2.54. The van der Waals surface area contributed by atoms with E-state index in [1.807, 2.05) is 19.3 Å². The van der Waals surface area contributed by atoms with Gasteiger partial charge in [-0.25, -0.2) is 15.0 Å². The number of aryl methyl sites for hydroxylation is 1. The third kappa shape index (κ3) is 4.52. The molecule has 19 heavy (non-hydrogen) atoms. The summed E-state index contributed by atoms with van der Waals surface area (Å²) in [5.74, 6) is 0.882. The van der Waals surface area contributed by atoms with Crippen LogP contribution in [0, 0.1) is 0 Å².